The molecule has 0 aliphatic carbocycles. The van der Waals surface area contributed by atoms with Crippen molar-refractivity contribution in [3.8, 4) is 11.8 Å². The summed E-state index contributed by atoms with van der Waals surface area (Å²) in [4.78, 5) is 1.68. The molecular weight excluding hydrogens is 216 g/mol. The van der Waals surface area contributed by atoms with Gasteiger partial charge in [0.1, 0.15) is 0 Å². The zero-order valence-electron chi connectivity index (χ0n) is 7.55. The highest BCUT2D eigenvalue weighted by Gasteiger charge is 2.08. The molecule has 0 bridgehead atoms. The molecule has 2 heteroatoms. The normalized spacial score (nSPS) is 15.3. The van der Waals surface area contributed by atoms with Crippen LogP contribution in [0.25, 0.3) is 0 Å². The minimum Gasteiger partial charge on any atom is -0.389 e. The Balaban J connectivity index is 3.78. The monoisotopic (exact) mass is 230 g/mol. The van der Waals surface area contributed by atoms with Crippen molar-refractivity contribution in [3.05, 3.63) is 11.1 Å². The summed E-state index contributed by atoms with van der Waals surface area (Å²) in [6, 6.07) is 0. The Morgan fingerprint density at radius 2 is 2.17 bits per heavy atom. The summed E-state index contributed by atoms with van der Waals surface area (Å²) < 4.78 is 0. The summed E-state index contributed by atoms with van der Waals surface area (Å²) in [5, 5.41) is 9.43. The lowest BCUT2D eigenvalue weighted by atomic mass is 10.0. The molecule has 12 heavy (non-hydrogen) atoms. The summed E-state index contributed by atoms with van der Waals surface area (Å²) in [7, 11) is 0. The molecule has 0 radical (unpaired) electrons. The molecule has 1 N–H and O–H groups in total. The van der Waals surface area contributed by atoms with Crippen LogP contribution in [-0.4, -0.2) is 11.2 Å². The summed E-state index contributed by atoms with van der Waals surface area (Å²) in [5.74, 6) is 6.20. The van der Waals surface area contributed by atoms with E-state index >= 15 is 0 Å². The second kappa shape index (κ2) is 7.39. The first-order valence-corrected chi connectivity index (χ1v) is 5.04. The third-order valence-corrected chi connectivity index (χ3v) is 1.88. The van der Waals surface area contributed by atoms with Crippen LogP contribution in [0, 0.1) is 17.8 Å². The van der Waals surface area contributed by atoms with E-state index in [-0.39, 0.29) is 5.92 Å². The van der Waals surface area contributed by atoms with E-state index in [1.807, 2.05) is 13.8 Å². The van der Waals surface area contributed by atoms with E-state index in [9.17, 15) is 5.11 Å². The molecule has 0 aromatic rings. The molecule has 0 rings (SSSR count). The lowest BCUT2D eigenvalue weighted by molar-refractivity contribution is 0.165. The average molecular weight is 231 g/mol. The van der Waals surface area contributed by atoms with Gasteiger partial charge in [0, 0.05) is 12.8 Å². The van der Waals surface area contributed by atoms with Gasteiger partial charge in [-0.1, -0.05) is 29.8 Å². The number of halogens is 1. The van der Waals surface area contributed by atoms with E-state index in [1.165, 1.54) is 0 Å². The predicted molar refractivity (Wildman–Crippen MR) is 55.9 cm³/mol. The van der Waals surface area contributed by atoms with E-state index < -0.39 is 6.10 Å². The number of rotatable bonds is 3. The van der Waals surface area contributed by atoms with Crippen molar-refractivity contribution in [1.82, 2.24) is 0 Å². The van der Waals surface area contributed by atoms with Gasteiger partial charge >= 0.3 is 0 Å². The van der Waals surface area contributed by atoms with Gasteiger partial charge in [-0.25, -0.2) is 0 Å². The lowest BCUT2D eigenvalue weighted by Crippen LogP contribution is -2.13. The number of hydrogen-bond acceptors (Lipinski definition) is 1. The van der Waals surface area contributed by atoms with E-state index in [0.717, 1.165) is 12.8 Å². The maximum atomic E-state index is 9.43. The average Bonchev–Trinajstić information content (AvgIpc) is 2.05. The largest absolute Gasteiger partial charge is 0.389 e. The summed E-state index contributed by atoms with van der Waals surface area (Å²) in [6.07, 6.45) is 2.97. The Morgan fingerprint density at radius 1 is 1.50 bits per heavy atom. The zero-order valence-corrected chi connectivity index (χ0v) is 9.13. The standard InChI is InChI=1S/C10H15BrO/c1-3-4-5-6-9(2)10(12)7-8-11/h7-10,12H,3,6H2,1-2H3/b8-7+/t9-,10?/m1/s1. The van der Waals surface area contributed by atoms with Gasteiger partial charge in [0.15, 0.2) is 0 Å². The fraction of sp³-hybridized carbons (Fsp3) is 0.600. The van der Waals surface area contributed by atoms with Gasteiger partial charge in [-0.15, -0.1) is 11.8 Å². The van der Waals surface area contributed by atoms with Crippen molar-refractivity contribution in [2.24, 2.45) is 5.92 Å². The van der Waals surface area contributed by atoms with Gasteiger partial charge in [0.25, 0.3) is 0 Å². The number of aliphatic hydroxyl groups is 1. The minimum atomic E-state index is -0.393. The molecule has 0 aliphatic rings. The number of hydrogen-bond donors (Lipinski definition) is 1. The fourth-order valence-electron chi connectivity index (χ4n) is 0.743. The predicted octanol–water partition coefficient (Wildman–Crippen LogP) is 2.70. The lowest BCUT2D eigenvalue weighted by Gasteiger charge is -2.11. The molecular formula is C10H15BrO. The minimum absolute atomic E-state index is 0.206. The van der Waals surface area contributed by atoms with Crippen LogP contribution in [0.1, 0.15) is 26.7 Å². The number of aliphatic hydroxyl groups excluding tert-OH is 1. The van der Waals surface area contributed by atoms with E-state index in [2.05, 4.69) is 27.8 Å². The van der Waals surface area contributed by atoms with Crippen molar-refractivity contribution >= 4 is 15.9 Å². The van der Waals surface area contributed by atoms with Gasteiger partial charge in [0.05, 0.1) is 6.10 Å². The van der Waals surface area contributed by atoms with Crippen LogP contribution in [0.3, 0.4) is 0 Å². The summed E-state index contributed by atoms with van der Waals surface area (Å²) in [6.45, 7) is 4.01. The highest BCUT2D eigenvalue weighted by Crippen LogP contribution is 2.09. The van der Waals surface area contributed by atoms with Gasteiger partial charge < -0.3 is 5.11 Å². The van der Waals surface area contributed by atoms with Crippen molar-refractivity contribution in [2.45, 2.75) is 32.8 Å². The van der Waals surface area contributed by atoms with E-state index in [1.54, 1.807) is 11.1 Å². The topological polar surface area (TPSA) is 20.2 Å². The highest BCUT2D eigenvalue weighted by atomic mass is 79.9. The van der Waals surface area contributed by atoms with Crippen molar-refractivity contribution in [1.29, 1.82) is 0 Å². The quantitative estimate of drug-likeness (QED) is 0.740. The Kier molecular flexibility index (Phi) is 7.23. The Labute approximate surface area is 83.0 Å². The van der Waals surface area contributed by atoms with Crippen molar-refractivity contribution < 1.29 is 5.11 Å². The third kappa shape index (κ3) is 5.40. The SMILES string of the molecule is CCC#CC[C@@H](C)C(O)/C=C/Br. The van der Waals surface area contributed by atoms with E-state index in [4.69, 9.17) is 0 Å². The smallest absolute Gasteiger partial charge is 0.0763 e. The first-order valence-electron chi connectivity index (χ1n) is 4.13. The molecule has 1 unspecified atom stereocenters. The maximum absolute atomic E-state index is 9.43. The van der Waals surface area contributed by atoms with Crippen molar-refractivity contribution in [2.75, 3.05) is 0 Å². The highest BCUT2D eigenvalue weighted by molar-refractivity contribution is 9.11. The first-order chi connectivity index (χ1) is 5.72. The molecule has 0 aromatic carbocycles. The maximum Gasteiger partial charge on any atom is 0.0763 e. The summed E-state index contributed by atoms with van der Waals surface area (Å²) >= 11 is 3.12. The molecule has 68 valence electrons. The molecule has 0 amide bonds. The Bertz CT molecular complexity index is 188. The molecule has 0 spiro atoms. The Hall–Kier alpha value is -0.260. The molecule has 1 nitrogen and oxygen atoms in total. The van der Waals surface area contributed by atoms with Crippen LogP contribution in [0.5, 0.6) is 0 Å². The summed E-state index contributed by atoms with van der Waals surface area (Å²) in [5.41, 5.74) is 0. The first kappa shape index (κ1) is 11.7. The second-order valence-corrected chi connectivity index (χ2v) is 3.23. The van der Waals surface area contributed by atoms with E-state index in [0.29, 0.717) is 0 Å². The van der Waals surface area contributed by atoms with Gasteiger partial charge in [-0.3, -0.25) is 0 Å². The molecule has 2 atom stereocenters. The molecule has 0 saturated heterocycles. The third-order valence-electron chi connectivity index (χ3n) is 1.58. The van der Waals surface area contributed by atoms with Crippen LogP contribution in [0.4, 0.5) is 0 Å². The van der Waals surface area contributed by atoms with Crippen LogP contribution in [-0.2, 0) is 0 Å². The van der Waals surface area contributed by atoms with Crippen LogP contribution < -0.4 is 0 Å². The molecule has 0 aliphatic heterocycles. The fourth-order valence-corrected chi connectivity index (χ4v) is 1.06. The van der Waals surface area contributed by atoms with Gasteiger partial charge in [-0.05, 0) is 17.0 Å². The molecule has 0 aromatic heterocycles. The molecule has 0 heterocycles. The van der Waals surface area contributed by atoms with Crippen LogP contribution >= 0.6 is 15.9 Å². The molecule has 0 saturated carbocycles. The van der Waals surface area contributed by atoms with Gasteiger partial charge in [-0.2, -0.15) is 0 Å². The molecule has 0 fully saturated rings. The Morgan fingerprint density at radius 3 is 2.67 bits per heavy atom. The van der Waals surface area contributed by atoms with Crippen LogP contribution in [0.15, 0.2) is 11.1 Å². The zero-order chi connectivity index (χ0) is 9.40. The second-order valence-electron chi connectivity index (χ2n) is 2.70. The van der Waals surface area contributed by atoms with Crippen LogP contribution in [0.2, 0.25) is 0 Å². The van der Waals surface area contributed by atoms with Gasteiger partial charge in [0.2, 0.25) is 0 Å². The van der Waals surface area contributed by atoms with Crippen molar-refractivity contribution in [3.63, 3.8) is 0 Å².